The fourth-order valence-electron chi connectivity index (χ4n) is 3.38. The molecule has 4 aromatic rings. The van der Waals surface area contributed by atoms with E-state index in [2.05, 4.69) is 25.6 Å². The van der Waals surface area contributed by atoms with Gasteiger partial charge in [-0.05, 0) is 36.4 Å². The van der Waals surface area contributed by atoms with Crippen LogP contribution in [0.3, 0.4) is 0 Å². The van der Waals surface area contributed by atoms with Crippen LogP contribution in [0.15, 0.2) is 41.2 Å². The number of benzene rings is 2. The zero-order valence-electron chi connectivity index (χ0n) is 16.2. The fraction of sp³-hybridized carbons (Fsp3) is 0.200. The number of tetrazole rings is 1. The molecule has 0 unspecified atom stereocenters. The molecule has 0 fully saturated rings. The number of nitrogens with one attached hydrogen (secondary N) is 2. The van der Waals surface area contributed by atoms with E-state index in [-0.39, 0.29) is 58.3 Å². The number of fused-ring (bicyclic) bond motifs is 1. The Balaban J connectivity index is 1.98. The number of H-pyrrole nitrogens is 2. The van der Waals surface area contributed by atoms with Crippen molar-refractivity contribution in [3.05, 3.63) is 68.7 Å². The minimum absolute atomic E-state index is 0.0879. The molecule has 0 bridgehead atoms. The van der Waals surface area contributed by atoms with E-state index in [1.807, 2.05) is 0 Å². The van der Waals surface area contributed by atoms with Crippen molar-refractivity contribution in [2.24, 2.45) is 0 Å². The number of aromatic amines is 2. The van der Waals surface area contributed by atoms with Crippen molar-refractivity contribution in [2.75, 3.05) is 6.61 Å². The maximum atomic E-state index is 13.4. The van der Waals surface area contributed by atoms with E-state index in [0.717, 1.165) is 12.1 Å². The highest BCUT2D eigenvalue weighted by molar-refractivity contribution is 6.31. The molecule has 8 nitrogen and oxygen atoms in total. The molecule has 166 valence electrons. The van der Waals surface area contributed by atoms with Crippen LogP contribution >= 0.6 is 11.6 Å². The van der Waals surface area contributed by atoms with Gasteiger partial charge in [0, 0.05) is 45.6 Å². The topological polar surface area (TPSA) is 117 Å². The number of aliphatic hydroxyl groups is 1. The van der Waals surface area contributed by atoms with Crippen molar-refractivity contribution in [3.8, 4) is 16.9 Å². The van der Waals surface area contributed by atoms with Gasteiger partial charge in [-0.1, -0.05) is 16.8 Å². The van der Waals surface area contributed by atoms with Gasteiger partial charge in [-0.3, -0.25) is 4.79 Å². The van der Waals surface area contributed by atoms with Crippen LogP contribution in [-0.4, -0.2) is 37.3 Å². The van der Waals surface area contributed by atoms with Crippen LogP contribution in [-0.2, 0) is 19.2 Å². The summed E-state index contributed by atoms with van der Waals surface area (Å²) in [6.07, 6.45) is -4.68. The summed E-state index contributed by atoms with van der Waals surface area (Å²) < 4.78 is 46.0. The van der Waals surface area contributed by atoms with Crippen LogP contribution < -0.4 is 10.3 Å². The maximum absolute atomic E-state index is 13.4. The number of aliphatic hydroxyl groups excluding tert-OH is 1. The van der Waals surface area contributed by atoms with Crippen molar-refractivity contribution >= 4 is 22.5 Å². The van der Waals surface area contributed by atoms with Gasteiger partial charge in [0.25, 0.3) is 5.56 Å². The second-order valence-electron chi connectivity index (χ2n) is 6.80. The lowest BCUT2D eigenvalue weighted by Gasteiger charge is -2.17. The number of nitrogens with zero attached hydrogens (tertiary/aromatic N) is 3. The summed E-state index contributed by atoms with van der Waals surface area (Å²) >= 11 is 6.18. The first-order valence-corrected chi connectivity index (χ1v) is 9.67. The SMILES string of the molecule is O=c1[nH]c2ccc(C(F)(F)F)cc2c(-c2cc(Cl)ccc2OCc2nn[nH]n2)c1CCO. The quantitative estimate of drug-likeness (QED) is 0.401. The molecule has 12 heteroatoms. The normalized spacial score (nSPS) is 11.8. The van der Waals surface area contributed by atoms with Gasteiger partial charge in [0.2, 0.25) is 5.82 Å². The van der Waals surface area contributed by atoms with Gasteiger partial charge in [0.15, 0.2) is 6.61 Å². The predicted molar refractivity (Wildman–Crippen MR) is 109 cm³/mol. The summed E-state index contributed by atoms with van der Waals surface area (Å²) in [4.78, 5) is 15.3. The lowest BCUT2D eigenvalue weighted by Crippen LogP contribution is -2.17. The fourth-order valence-corrected chi connectivity index (χ4v) is 3.55. The third-order valence-corrected chi connectivity index (χ3v) is 4.99. The first kappa shape index (κ1) is 21.8. The summed E-state index contributed by atoms with van der Waals surface area (Å²) in [5.74, 6) is 0.485. The maximum Gasteiger partial charge on any atom is 0.416 e. The van der Waals surface area contributed by atoms with Crippen molar-refractivity contribution < 1.29 is 23.0 Å². The number of alkyl halides is 3. The third-order valence-electron chi connectivity index (χ3n) is 4.76. The van der Waals surface area contributed by atoms with Gasteiger partial charge in [-0.2, -0.15) is 18.4 Å². The molecule has 0 aliphatic heterocycles. The number of halogens is 4. The molecule has 32 heavy (non-hydrogen) atoms. The number of hydrogen-bond acceptors (Lipinski definition) is 6. The molecular formula is C20H15ClF3N5O3. The minimum atomic E-state index is -4.59. The summed E-state index contributed by atoms with van der Waals surface area (Å²) in [5.41, 5.74) is -0.640. The Kier molecular flexibility index (Phi) is 5.85. The van der Waals surface area contributed by atoms with Crippen LogP contribution in [0.5, 0.6) is 5.75 Å². The van der Waals surface area contributed by atoms with Gasteiger partial charge in [-0.15, -0.1) is 10.2 Å². The van der Waals surface area contributed by atoms with Gasteiger partial charge in [-0.25, -0.2) is 0 Å². The van der Waals surface area contributed by atoms with Gasteiger partial charge in [0.05, 0.1) is 5.56 Å². The van der Waals surface area contributed by atoms with E-state index < -0.39 is 17.3 Å². The molecule has 0 saturated heterocycles. The number of rotatable bonds is 6. The summed E-state index contributed by atoms with van der Waals surface area (Å²) in [7, 11) is 0. The van der Waals surface area contributed by atoms with E-state index in [9.17, 15) is 23.1 Å². The molecule has 2 heterocycles. The van der Waals surface area contributed by atoms with Crippen LogP contribution in [0.2, 0.25) is 5.02 Å². The zero-order valence-corrected chi connectivity index (χ0v) is 17.0. The van der Waals surface area contributed by atoms with Crippen molar-refractivity contribution in [1.29, 1.82) is 0 Å². The molecular weight excluding hydrogens is 451 g/mol. The summed E-state index contributed by atoms with van der Waals surface area (Å²) in [5, 5.41) is 23.2. The number of pyridine rings is 1. The lowest BCUT2D eigenvalue weighted by atomic mass is 9.93. The van der Waals surface area contributed by atoms with Crippen LogP contribution in [0.1, 0.15) is 17.0 Å². The second kappa shape index (κ2) is 8.60. The average Bonchev–Trinajstić information content (AvgIpc) is 3.26. The van der Waals surface area contributed by atoms with Gasteiger partial charge >= 0.3 is 6.18 Å². The Morgan fingerprint density at radius 3 is 2.66 bits per heavy atom. The number of ether oxygens (including phenoxy) is 1. The molecule has 4 rings (SSSR count). The Bertz CT molecular complexity index is 1320. The molecule has 0 spiro atoms. The van der Waals surface area contributed by atoms with E-state index >= 15 is 0 Å². The predicted octanol–water partition coefficient (Wildman–Crippen LogP) is 3.49. The molecule has 0 saturated carbocycles. The minimum Gasteiger partial charge on any atom is -0.485 e. The van der Waals surface area contributed by atoms with E-state index in [1.54, 1.807) is 6.07 Å². The molecule has 0 aliphatic carbocycles. The summed E-state index contributed by atoms with van der Waals surface area (Å²) in [6, 6.07) is 7.59. The zero-order chi connectivity index (χ0) is 22.9. The monoisotopic (exact) mass is 465 g/mol. The molecule has 0 aliphatic rings. The largest absolute Gasteiger partial charge is 0.485 e. The van der Waals surface area contributed by atoms with Gasteiger partial charge < -0.3 is 14.8 Å². The van der Waals surface area contributed by atoms with Crippen LogP contribution in [0.25, 0.3) is 22.0 Å². The molecule has 2 aromatic carbocycles. The van der Waals surface area contributed by atoms with Crippen molar-refractivity contribution in [1.82, 2.24) is 25.6 Å². The molecule has 2 aromatic heterocycles. The van der Waals surface area contributed by atoms with Crippen molar-refractivity contribution in [3.63, 3.8) is 0 Å². The van der Waals surface area contributed by atoms with Crippen molar-refractivity contribution in [2.45, 2.75) is 19.2 Å². The highest BCUT2D eigenvalue weighted by Crippen LogP contribution is 2.40. The molecule has 0 amide bonds. The van der Waals surface area contributed by atoms with Gasteiger partial charge in [0.1, 0.15) is 5.75 Å². The highest BCUT2D eigenvalue weighted by atomic mass is 35.5. The number of hydrogen-bond donors (Lipinski definition) is 3. The third kappa shape index (κ3) is 4.30. The number of aromatic nitrogens is 5. The standard InChI is InChI=1S/C20H15ClF3N5O3/c21-11-2-4-16(32-9-17-26-28-29-27-17)14(8-11)18-12(5-6-30)19(31)25-15-3-1-10(7-13(15)18)20(22,23)24/h1-4,7-8,30H,5-6,9H2,(H,25,31)(H,26,27,28,29). The Labute approximate surface area is 183 Å². The Morgan fingerprint density at radius 2 is 1.97 bits per heavy atom. The second-order valence-corrected chi connectivity index (χ2v) is 7.23. The highest BCUT2D eigenvalue weighted by Gasteiger charge is 2.31. The smallest absolute Gasteiger partial charge is 0.416 e. The Morgan fingerprint density at radius 1 is 1.16 bits per heavy atom. The molecule has 0 radical (unpaired) electrons. The first-order chi connectivity index (χ1) is 15.3. The van der Waals surface area contributed by atoms with E-state index in [1.165, 1.54) is 18.2 Å². The average molecular weight is 466 g/mol. The first-order valence-electron chi connectivity index (χ1n) is 9.30. The molecule has 3 N–H and O–H groups in total. The van der Waals surface area contributed by atoms with Crippen LogP contribution in [0, 0.1) is 0 Å². The van der Waals surface area contributed by atoms with E-state index in [0.29, 0.717) is 5.56 Å². The Hall–Kier alpha value is -3.44. The van der Waals surface area contributed by atoms with Crippen LogP contribution in [0.4, 0.5) is 13.2 Å². The van der Waals surface area contributed by atoms with E-state index in [4.69, 9.17) is 16.3 Å². The molecule has 0 atom stereocenters. The summed E-state index contributed by atoms with van der Waals surface area (Å²) in [6.45, 7) is -0.477. The lowest BCUT2D eigenvalue weighted by molar-refractivity contribution is -0.137.